The zero-order valence-corrected chi connectivity index (χ0v) is 53.7. The molecule has 14 nitrogen and oxygen atoms in total. The molecule has 4 heterocycles. The van der Waals surface area contributed by atoms with Crippen LogP contribution in [0.15, 0.2) is 54.6 Å². The molecule has 3 aromatic rings. The maximum atomic E-state index is 15.1. The minimum absolute atomic E-state index is 0.0290. The Bertz CT molecular complexity index is 2290. The van der Waals surface area contributed by atoms with Crippen LogP contribution < -0.4 is 18.9 Å². The van der Waals surface area contributed by atoms with E-state index in [4.69, 9.17) is 53.8 Å². The number of nitrogens with zero attached hydrogens (tertiary/aromatic N) is 2. The Morgan fingerprint density at radius 2 is 0.674 bits per heavy atom. The molecule has 0 saturated heterocycles. The van der Waals surface area contributed by atoms with Crippen LogP contribution in [0.2, 0.25) is 0 Å². The summed E-state index contributed by atoms with van der Waals surface area (Å²) in [6.45, 7) is 17.5. The molecule has 0 atom stereocenters. The number of rotatable bonds is 30. The van der Waals surface area contributed by atoms with Gasteiger partial charge in [-0.05, 0) is 68.1 Å². The number of carbonyl (C=O) groups is 2. The topological polar surface area (TPSA) is 133 Å². The number of terminal acetylenes is 1. The molecule has 0 aliphatic carbocycles. The summed E-state index contributed by atoms with van der Waals surface area (Å²) in [7, 11) is 0. The fourth-order valence-corrected chi connectivity index (χ4v) is 10.00. The zero-order chi connectivity index (χ0) is 61.2. The number of unbranched alkanes of at least 4 members (excludes halogenated alkanes) is 20. The summed E-state index contributed by atoms with van der Waals surface area (Å²) in [4.78, 5) is 34.0. The fraction of sp³-hybridized carbons (Fsp3) is 0.667. The summed E-state index contributed by atoms with van der Waals surface area (Å²) in [6.07, 6.45) is 33.4. The highest BCUT2D eigenvalue weighted by molar-refractivity contribution is 6.00. The van der Waals surface area contributed by atoms with Crippen LogP contribution in [0.4, 0.5) is 0 Å². The third kappa shape index (κ3) is 32.6. The first-order chi connectivity index (χ1) is 42.4. The van der Waals surface area contributed by atoms with Crippen molar-refractivity contribution in [3.63, 3.8) is 0 Å². The van der Waals surface area contributed by atoms with Crippen molar-refractivity contribution in [1.29, 1.82) is 0 Å². The number of carbonyl (C=O) groups excluding carboxylic acids is 2. The van der Waals surface area contributed by atoms with Crippen LogP contribution in [0, 0.1) is 24.2 Å². The summed E-state index contributed by atoms with van der Waals surface area (Å²) in [5.74, 6) is 11.8. The van der Waals surface area contributed by atoms with Crippen molar-refractivity contribution in [1.82, 2.24) is 9.80 Å². The van der Waals surface area contributed by atoms with Crippen LogP contribution in [-0.4, -0.2) is 154 Å². The van der Waals surface area contributed by atoms with Gasteiger partial charge in [-0.15, -0.1) is 6.42 Å². The molecule has 480 valence electrons. The second-order valence-corrected chi connectivity index (χ2v) is 22.2. The first-order valence-electron chi connectivity index (χ1n) is 33.4. The van der Waals surface area contributed by atoms with Crippen LogP contribution in [0.1, 0.15) is 219 Å². The molecule has 4 aliphatic rings. The van der Waals surface area contributed by atoms with E-state index in [-0.39, 0.29) is 38.2 Å². The van der Waals surface area contributed by atoms with Crippen LogP contribution in [-0.2, 0) is 28.4 Å². The van der Waals surface area contributed by atoms with Gasteiger partial charge in [-0.1, -0.05) is 174 Å². The molecular weight excluding hydrogens is 1080 g/mol. The van der Waals surface area contributed by atoms with Gasteiger partial charge in [0.05, 0.1) is 96.0 Å². The van der Waals surface area contributed by atoms with E-state index in [1.807, 2.05) is 52.3 Å². The Kier molecular flexibility index (Phi) is 42.2. The Morgan fingerprint density at radius 1 is 0.360 bits per heavy atom. The first kappa shape index (κ1) is 73.2. The normalized spacial score (nSPS) is 14.7. The highest BCUT2D eigenvalue weighted by atomic mass is 16.6. The minimum Gasteiger partial charge on any atom is -0.491 e. The smallest absolute Gasteiger partial charge is 0.255 e. The van der Waals surface area contributed by atoms with Crippen molar-refractivity contribution in [3.05, 3.63) is 82.4 Å². The molecule has 4 aliphatic heterocycles. The van der Waals surface area contributed by atoms with E-state index in [1.54, 1.807) is 12.1 Å². The predicted octanol–water partition coefficient (Wildman–Crippen LogP) is 14.7. The molecule has 0 N–H and O–H groups in total. The Labute approximate surface area is 519 Å². The molecule has 0 unspecified atom stereocenters. The fourth-order valence-electron chi connectivity index (χ4n) is 10.00. The summed E-state index contributed by atoms with van der Waals surface area (Å²) < 4.78 is 59.0. The van der Waals surface area contributed by atoms with Gasteiger partial charge in [-0.25, -0.2) is 0 Å². The maximum Gasteiger partial charge on any atom is 0.255 e. The lowest BCUT2D eigenvalue weighted by Crippen LogP contribution is -2.34. The van der Waals surface area contributed by atoms with E-state index in [9.17, 15) is 4.79 Å². The van der Waals surface area contributed by atoms with Gasteiger partial charge < -0.3 is 57.2 Å². The molecule has 7 rings (SSSR count). The predicted molar refractivity (Wildman–Crippen MR) is 345 cm³/mol. The zero-order valence-electron chi connectivity index (χ0n) is 53.7. The number of amides is 2. The van der Waals surface area contributed by atoms with Crippen molar-refractivity contribution in [3.8, 4) is 47.2 Å². The second kappa shape index (κ2) is 49.6. The highest BCUT2D eigenvalue weighted by Crippen LogP contribution is 2.29. The van der Waals surface area contributed by atoms with Gasteiger partial charge in [-0.2, -0.15) is 0 Å². The average Bonchev–Trinajstić information content (AvgIpc) is 2.77. The van der Waals surface area contributed by atoms with E-state index in [2.05, 4.69) is 45.5 Å². The third-order valence-corrected chi connectivity index (χ3v) is 15.0. The maximum absolute atomic E-state index is 15.1. The van der Waals surface area contributed by atoms with E-state index in [1.165, 1.54) is 89.9 Å². The summed E-state index contributed by atoms with van der Waals surface area (Å²) in [5.41, 5.74) is 2.48. The number of hydrogen-bond acceptors (Lipinski definition) is 12. The van der Waals surface area contributed by atoms with Gasteiger partial charge in [-0.3, -0.25) is 9.59 Å². The SMILES string of the molecule is C#Cc1cc2c(C#Cc3cc(C(=O)N(CCCCCCCC)CCCCCCCC)ccc3C(=O)N(CCCCCCCC)CCCCCCCC)cc1OCCOCCOCCOCCOc1ccc(cc1)OCCOCCOCCOCCO2. The van der Waals surface area contributed by atoms with Gasteiger partial charge in [0.15, 0.2) is 0 Å². The summed E-state index contributed by atoms with van der Waals surface area (Å²) in [5, 5.41) is 0. The molecule has 0 fully saturated rings. The third-order valence-electron chi connectivity index (χ3n) is 15.0. The van der Waals surface area contributed by atoms with Gasteiger partial charge in [0.2, 0.25) is 0 Å². The summed E-state index contributed by atoms with van der Waals surface area (Å²) in [6, 6.07) is 16.6. The van der Waals surface area contributed by atoms with Gasteiger partial charge >= 0.3 is 0 Å². The molecular formula is C72H110N2O12. The first-order valence-corrected chi connectivity index (χ1v) is 33.4. The molecule has 0 radical (unpaired) electrons. The molecule has 4 bridgehead atoms. The molecule has 86 heavy (non-hydrogen) atoms. The number of ether oxygens (including phenoxy) is 10. The van der Waals surface area contributed by atoms with Gasteiger partial charge in [0.25, 0.3) is 11.8 Å². The van der Waals surface area contributed by atoms with Gasteiger partial charge in [0.1, 0.15) is 49.4 Å². The molecule has 3 aromatic carbocycles. The van der Waals surface area contributed by atoms with Crippen molar-refractivity contribution in [2.75, 3.05) is 132 Å². The van der Waals surface area contributed by atoms with Crippen molar-refractivity contribution < 1.29 is 57.0 Å². The number of benzene rings is 3. The molecule has 0 saturated carbocycles. The van der Waals surface area contributed by atoms with Crippen molar-refractivity contribution in [2.24, 2.45) is 0 Å². The van der Waals surface area contributed by atoms with E-state index in [0.29, 0.717) is 145 Å². The highest BCUT2D eigenvalue weighted by Gasteiger charge is 2.23. The van der Waals surface area contributed by atoms with Crippen LogP contribution >= 0.6 is 0 Å². The molecule has 14 heteroatoms. The lowest BCUT2D eigenvalue weighted by Gasteiger charge is -2.25. The lowest BCUT2D eigenvalue weighted by atomic mass is 10.00. The summed E-state index contributed by atoms with van der Waals surface area (Å²) >= 11 is 0. The molecule has 0 spiro atoms. The Morgan fingerprint density at radius 3 is 1.06 bits per heavy atom. The van der Waals surface area contributed by atoms with Crippen molar-refractivity contribution >= 4 is 11.8 Å². The van der Waals surface area contributed by atoms with Crippen LogP contribution in [0.3, 0.4) is 0 Å². The molecule has 2 amide bonds. The quantitative estimate of drug-likeness (QED) is 0.0465. The standard InChI is InChI=1S/C72H110N2O12/c1-6-11-15-19-23-27-39-73(40-28-24-20-16-12-7-2)71(75)65-33-38-68(72(76)74(41-29-25-21-17-13-8-3)42-30-26-22-18-14-9-4)63(59-65)31-32-64-61-69-62(10-5)60-70(64)86-58-54-82-50-46-78-44-48-80-52-56-84-67-36-34-66(35-37-67)83-55-51-79-47-43-77-45-49-81-53-57-85-69/h5,33-38,59-61H,6-9,11-30,39-58H2,1-4H3. The Hall–Kier alpha value is -5.32. The molecule has 0 aromatic heterocycles. The van der Waals surface area contributed by atoms with Crippen LogP contribution in [0.5, 0.6) is 23.0 Å². The second-order valence-electron chi connectivity index (χ2n) is 22.2. The number of hydrogen-bond donors (Lipinski definition) is 0. The van der Waals surface area contributed by atoms with E-state index >= 15 is 4.79 Å². The van der Waals surface area contributed by atoms with Crippen LogP contribution in [0.25, 0.3) is 0 Å². The van der Waals surface area contributed by atoms with Crippen molar-refractivity contribution in [2.45, 2.75) is 182 Å². The monoisotopic (exact) mass is 1190 g/mol. The Balaban J connectivity index is 1.65. The largest absolute Gasteiger partial charge is 0.491 e. The lowest BCUT2D eigenvalue weighted by molar-refractivity contribution is 0.00466. The average molecular weight is 1200 g/mol. The van der Waals surface area contributed by atoms with E-state index in [0.717, 1.165) is 75.7 Å². The van der Waals surface area contributed by atoms with E-state index < -0.39 is 0 Å². The van der Waals surface area contributed by atoms with Gasteiger partial charge in [0, 0.05) is 49.4 Å². The minimum atomic E-state index is -0.0659.